The molecule has 0 aromatic carbocycles. The van der Waals surface area contributed by atoms with Crippen molar-refractivity contribution < 1.29 is 9.53 Å². The maximum absolute atomic E-state index is 11.7. The molecule has 0 radical (unpaired) electrons. The zero-order chi connectivity index (χ0) is 14.5. The van der Waals surface area contributed by atoms with Crippen LogP contribution in [0.5, 0.6) is 0 Å². The van der Waals surface area contributed by atoms with Crippen LogP contribution in [0.15, 0.2) is 6.20 Å². The van der Waals surface area contributed by atoms with Crippen molar-refractivity contribution in [3.63, 3.8) is 0 Å². The molecule has 1 aromatic rings. The van der Waals surface area contributed by atoms with Gasteiger partial charge in [-0.2, -0.15) is 0 Å². The van der Waals surface area contributed by atoms with Crippen LogP contribution in [-0.2, 0) is 4.74 Å². The molecule has 1 heterocycles. The van der Waals surface area contributed by atoms with Gasteiger partial charge in [0.15, 0.2) is 0 Å². The standard InChI is InChI=1S/C16H24N2O2/c1-4-12-6-8-13(9-7-12)15-17-10-14(11(3)18-15)16(19)20-5-2/h10,12-13H,4-9H2,1-3H3. The van der Waals surface area contributed by atoms with E-state index in [-0.39, 0.29) is 5.97 Å². The number of esters is 1. The molecule has 1 fully saturated rings. The molecular formula is C16H24N2O2. The van der Waals surface area contributed by atoms with Crippen LogP contribution in [0.2, 0.25) is 0 Å². The lowest BCUT2D eigenvalue weighted by molar-refractivity contribution is 0.0524. The molecule has 1 aromatic heterocycles. The molecule has 0 N–H and O–H groups in total. The molecule has 2 rings (SSSR count). The largest absolute Gasteiger partial charge is 0.462 e. The molecular weight excluding hydrogens is 252 g/mol. The third-order valence-corrected chi connectivity index (χ3v) is 4.28. The molecule has 0 aliphatic heterocycles. The minimum atomic E-state index is -0.328. The minimum absolute atomic E-state index is 0.328. The van der Waals surface area contributed by atoms with Crippen molar-refractivity contribution in [2.75, 3.05) is 6.61 Å². The summed E-state index contributed by atoms with van der Waals surface area (Å²) in [6.45, 7) is 6.30. The van der Waals surface area contributed by atoms with E-state index >= 15 is 0 Å². The molecule has 1 saturated carbocycles. The van der Waals surface area contributed by atoms with E-state index < -0.39 is 0 Å². The van der Waals surface area contributed by atoms with Gasteiger partial charge in [-0.05, 0) is 45.4 Å². The van der Waals surface area contributed by atoms with Crippen molar-refractivity contribution in [1.82, 2.24) is 9.97 Å². The van der Waals surface area contributed by atoms with Crippen molar-refractivity contribution in [3.05, 3.63) is 23.3 Å². The Balaban J connectivity index is 2.07. The summed E-state index contributed by atoms with van der Waals surface area (Å²) in [5.74, 6) is 1.88. The Morgan fingerprint density at radius 3 is 2.55 bits per heavy atom. The van der Waals surface area contributed by atoms with E-state index in [9.17, 15) is 4.79 Å². The molecule has 0 atom stereocenters. The number of carbonyl (C=O) groups excluding carboxylic acids is 1. The maximum Gasteiger partial charge on any atom is 0.341 e. The highest BCUT2D eigenvalue weighted by Gasteiger charge is 2.24. The minimum Gasteiger partial charge on any atom is -0.462 e. The van der Waals surface area contributed by atoms with Gasteiger partial charge in [0.2, 0.25) is 0 Å². The van der Waals surface area contributed by atoms with Gasteiger partial charge in [0.1, 0.15) is 5.82 Å². The monoisotopic (exact) mass is 276 g/mol. The molecule has 110 valence electrons. The highest BCUT2D eigenvalue weighted by molar-refractivity contribution is 5.90. The zero-order valence-corrected chi connectivity index (χ0v) is 12.7. The number of nitrogens with zero attached hydrogens (tertiary/aromatic N) is 2. The SMILES string of the molecule is CCOC(=O)c1cnc(C2CCC(CC)CC2)nc1C. The first-order valence-corrected chi connectivity index (χ1v) is 7.66. The smallest absolute Gasteiger partial charge is 0.341 e. The summed E-state index contributed by atoms with van der Waals surface area (Å²) in [5, 5.41) is 0. The number of aromatic nitrogens is 2. The predicted octanol–water partition coefficient (Wildman–Crippen LogP) is 3.65. The van der Waals surface area contributed by atoms with E-state index in [1.54, 1.807) is 13.1 Å². The Kier molecular flexibility index (Phi) is 5.10. The van der Waals surface area contributed by atoms with E-state index in [1.165, 1.54) is 19.3 Å². The van der Waals surface area contributed by atoms with Crippen molar-refractivity contribution in [2.24, 2.45) is 5.92 Å². The highest BCUT2D eigenvalue weighted by atomic mass is 16.5. The normalized spacial score (nSPS) is 22.6. The molecule has 20 heavy (non-hydrogen) atoms. The molecule has 0 unspecified atom stereocenters. The summed E-state index contributed by atoms with van der Waals surface area (Å²) in [6.07, 6.45) is 7.76. The Morgan fingerprint density at radius 2 is 2.00 bits per heavy atom. The molecule has 0 saturated heterocycles. The van der Waals surface area contributed by atoms with Crippen LogP contribution in [-0.4, -0.2) is 22.5 Å². The van der Waals surface area contributed by atoms with Gasteiger partial charge in [-0.25, -0.2) is 14.8 Å². The van der Waals surface area contributed by atoms with Crippen LogP contribution < -0.4 is 0 Å². The third-order valence-electron chi connectivity index (χ3n) is 4.28. The van der Waals surface area contributed by atoms with Gasteiger partial charge in [0, 0.05) is 12.1 Å². The van der Waals surface area contributed by atoms with Gasteiger partial charge < -0.3 is 4.74 Å². The van der Waals surface area contributed by atoms with Crippen molar-refractivity contribution in [3.8, 4) is 0 Å². The van der Waals surface area contributed by atoms with Gasteiger partial charge in [-0.1, -0.05) is 13.3 Å². The fourth-order valence-electron chi connectivity index (χ4n) is 2.92. The maximum atomic E-state index is 11.7. The summed E-state index contributed by atoms with van der Waals surface area (Å²) in [6, 6.07) is 0. The summed E-state index contributed by atoms with van der Waals surface area (Å²) >= 11 is 0. The van der Waals surface area contributed by atoms with E-state index in [0.29, 0.717) is 18.1 Å². The van der Waals surface area contributed by atoms with Crippen LogP contribution in [0.1, 0.15) is 73.7 Å². The lowest BCUT2D eigenvalue weighted by Crippen LogP contribution is -2.17. The number of rotatable bonds is 4. The fraction of sp³-hybridized carbons (Fsp3) is 0.688. The Bertz CT molecular complexity index is 466. The first-order chi connectivity index (χ1) is 9.65. The summed E-state index contributed by atoms with van der Waals surface area (Å²) in [7, 11) is 0. The van der Waals surface area contributed by atoms with Crippen molar-refractivity contribution in [2.45, 2.75) is 58.8 Å². The number of hydrogen-bond acceptors (Lipinski definition) is 4. The lowest BCUT2D eigenvalue weighted by Gasteiger charge is -2.26. The van der Waals surface area contributed by atoms with Crippen LogP contribution in [0, 0.1) is 12.8 Å². The van der Waals surface area contributed by atoms with Crippen LogP contribution in [0.3, 0.4) is 0 Å². The molecule has 4 nitrogen and oxygen atoms in total. The van der Waals surface area contributed by atoms with Gasteiger partial charge in [-0.3, -0.25) is 0 Å². The first-order valence-electron chi connectivity index (χ1n) is 7.66. The summed E-state index contributed by atoms with van der Waals surface area (Å²) in [5.41, 5.74) is 1.21. The second kappa shape index (κ2) is 6.82. The average Bonchev–Trinajstić information content (AvgIpc) is 2.47. The zero-order valence-electron chi connectivity index (χ0n) is 12.7. The lowest BCUT2D eigenvalue weighted by atomic mass is 9.80. The van der Waals surface area contributed by atoms with Gasteiger partial charge in [0.05, 0.1) is 17.9 Å². The Morgan fingerprint density at radius 1 is 1.30 bits per heavy atom. The van der Waals surface area contributed by atoms with Crippen LogP contribution in [0.25, 0.3) is 0 Å². The van der Waals surface area contributed by atoms with E-state index in [0.717, 1.165) is 30.3 Å². The van der Waals surface area contributed by atoms with Crippen LogP contribution in [0.4, 0.5) is 0 Å². The van der Waals surface area contributed by atoms with E-state index in [4.69, 9.17) is 4.74 Å². The summed E-state index contributed by atoms with van der Waals surface area (Å²) in [4.78, 5) is 20.7. The summed E-state index contributed by atoms with van der Waals surface area (Å²) < 4.78 is 5.00. The second-order valence-corrected chi connectivity index (χ2v) is 5.57. The average molecular weight is 276 g/mol. The first kappa shape index (κ1) is 14.9. The molecule has 1 aliphatic rings. The van der Waals surface area contributed by atoms with Crippen LogP contribution >= 0.6 is 0 Å². The van der Waals surface area contributed by atoms with Gasteiger partial charge in [-0.15, -0.1) is 0 Å². The number of carbonyl (C=O) groups is 1. The van der Waals surface area contributed by atoms with Gasteiger partial charge >= 0.3 is 5.97 Å². The highest BCUT2D eigenvalue weighted by Crippen LogP contribution is 2.35. The van der Waals surface area contributed by atoms with E-state index in [1.807, 2.05) is 6.92 Å². The quantitative estimate of drug-likeness (QED) is 0.788. The Labute approximate surface area is 121 Å². The van der Waals surface area contributed by atoms with Gasteiger partial charge in [0.25, 0.3) is 0 Å². The third kappa shape index (κ3) is 3.35. The van der Waals surface area contributed by atoms with Crippen molar-refractivity contribution in [1.29, 1.82) is 0 Å². The topological polar surface area (TPSA) is 52.1 Å². The van der Waals surface area contributed by atoms with E-state index in [2.05, 4.69) is 16.9 Å². The number of aryl methyl sites for hydroxylation is 1. The molecule has 0 amide bonds. The molecule has 0 bridgehead atoms. The number of hydrogen-bond donors (Lipinski definition) is 0. The number of ether oxygens (including phenoxy) is 1. The second-order valence-electron chi connectivity index (χ2n) is 5.57. The fourth-order valence-corrected chi connectivity index (χ4v) is 2.92. The van der Waals surface area contributed by atoms with Crippen molar-refractivity contribution >= 4 is 5.97 Å². The molecule has 1 aliphatic carbocycles. The predicted molar refractivity (Wildman–Crippen MR) is 77.7 cm³/mol. The molecule has 4 heteroatoms. The molecule has 0 spiro atoms. The Hall–Kier alpha value is -1.45.